The number of nitrogens with one attached hydrogen (secondary N) is 3. The second-order valence-electron chi connectivity index (χ2n) is 3.65. The van der Waals surface area contributed by atoms with Gasteiger partial charge in [-0.3, -0.25) is 0 Å². The molecule has 0 bridgehead atoms. The van der Waals surface area contributed by atoms with Gasteiger partial charge in [-0.2, -0.15) is 0 Å². The van der Waals surface area contributed by atoms with Crippen molar-refractivity contribution in [3.63, 3.8) is 0 Å². The van der Waals surface area contributed by atoms with Crippen LogP contribution >= 0.6 is 0 Å². The van der Waals surface area contributed by atoms with E-state index in [1.165, 1.54) is 0 Å². The number of amides is 3. The third-order valence-corrected chi connectivity index (χ3v) is 1.18. The molecular weight excluding hydrogens is 246 g/mol. The highest BCUT2D eigenvalue weighted by Crippen LogP contribution is 1.88. The Labute approximate surface area is 104 Å². The van der Waals surface area contributed by atoms with Crippen molar-refractivity contribution in [2.45, 2.75) is 39.9 Å². The molecule has 0 aromatic heterocycles. The average molecular weight is 263 g/mol. The van der Waals surface area contributed by atoms with Gasteiger partial charge in [0.2, 0.25) is 0 Å². The van der Waals surface area contributed by atoms with E-state index in [-0.39, 0.29) is 12.2 Å². The summed E-state index contributed by atoms with van der Waals surface area (Å²) < 4.78 is 9.26. The minimum atomic E-state index is -1.10. The molecule has 0 fully saturated rings. The summed E-state index contributed by atoms with van der Waals surface area (Å²) in [6.07, 6.45) is -3.56. The van der Waals surface area contributed by atoms with Crippen LogP contribution in [-0.4, -0.2) is 30.5 Å². The Balaban J connectivity index is 3.72. The van der Waals surface area contributed by atoms with Crippen molar-refractivity contribution >= 4 is 18.3 Å². The molecule has 9 nitrogen and oxygen atoms in total. The SMILES string of the molecule is CC(C)OC(=O)NNC(=O)ONC(=O)OC(C)C. The first-order chi connectivity index (χ1) is 8.31. The van der Waals surface area contributed by atoms with Gasteiger partial charge in [0.1, 0.15) is 0 Å². The van der Waals surface area contributed by atoms with Crippen LogP contribution in [0.1, 0.15) is 27.7 Å². The van der Waals surface area contributed by atoms with Crippen LogP contribution in [-0.2, 0) is 14.3 Å². The summed E-state index contributed by atoms with van der Waals surface area (Å²) in [7, 11) is 0. The van der Waals surface area contributed by atoms with Gasteiger partial charge in [0.25, 0.3) is 0 Å². The zero-order chi connectivity index (χ0) is 14.1. The molecule has 0 saturated heterocycles. The number of hydrazine groups is 1. The van der Waals surface area contributed by atoms with Crippen LogP contribution in [0.3, 0.4) is 0 Å². The van der Waals surface area contributed by atoms with Crippen molar-refractivity contribution < 1.29 is 28.7 Å². The molecule has 0 atom stereocenters. The molecule has 0 aromatic rings. The molecule has 18 heavy (non-hydrogen) atoms. The van der Waals surface area contributed by atoms with E-state index in [0.717, 1.165) is 0 Å². The molecule has 0 radical (unpaired) electrons. The molecular formula is C9H17N3O6. The first kappa shape index (κ1) is 15.8. The Kier molecular flexibility index (Phi) is 7.01. The first-order valence-corrected chi connectivity index (χ1v) is 5.21. The molecule has 0 aliphatic heterocycles. The van der Waals surface area contributed by atoms with Gasteiger partial charge >= 0.3 is 18.3 Å². The number of carbonyl (C=O) groups excluding carboxylic acids is 3. The Bertz CT molecular complexity index is 277. The highest BCUT2D eigenvalue weighted by molar-refractivity contribution is 5.75. The van der Waals surface area contributed by atoms with Crippen molar-refractivity contribution in [3.05, 3.63) is 0 Å². The minimum absolute atomic E-state index is 0.332. The molecule has 3 amide bonds. The lowest BCUT2D eigenvalue weighted by Crippen LogP contribution is -2.45. The van der Waals surface area contributed by atoms with Gasteiger partial charge in [0.05, 0.1) is 12.2 Å². The fourth-order valence-electron chi connectivity index (χ4n) is 0.697. The summed E-state index contributed by atoms with van der Waals surface area (Å²) >= 11 is 0. The number of hydrogen-bond acceptors (Lipinski definition) is 6. The van der Waals surface area contributed by atoms with Gasteiger partial charge < -0.3 is 14.3 Å². The fourth-order valence-corrected chi connectivity index (χ4v) is 0.697. The summed E-state index contributed by atoms with van der Waals surface area (Å²) in [5.41, 5.74) is 5.45. The van der Waals surface area contributed by atoms with Crippen LogP contribution < -0.4 is 16.3 Å². The molecule has 104 valence electrons. The van der Waals surface area contributed by atoms with E-state index in [1.54, 1.807) is 33.2 Å². The maximum absolute atomic E-state index is 10.9. The van der Waals surface area contributed by atoms with Crippen molar-refractivity contribution in [2.24, 2.45) is 0 Å². The topological polar surface area (TPSA) is 115 Å². The second kappa shape index (κ2) is 7.98. The summed E-state index contributed by atoms with van der Waals surface area (Å²) in [6.45, 7) is 6.54. The number of rotatable bonds is 2. The van der Waals surface area contributed by atoms with Gasteiger partial charge in [-0.15, -0.1) is 5.48 Å². The van der Waals surface area contributed by atoms with Crippen LogP contribution in [0.5, 0.6) is 0 Å². The molecule has 0 aliphatic carbocycles. The van der Waals surface area contributed by atoms with Gasteiger partial charge in [-0.25, -0.2) is 25.2 Å². The molecule has 0 aliphatic rings. The largest absolute Gasteiger partial charge is 0.450 e. The molecule has 0 unspecified atom stereocenters. The molecule has 0 spiro atoms. The standard InChI is InChI=1S/C9H17N3O6/c1-5(2)16-7(13)10-11-8(14)18-12-9(15)17-6(3)4/h5-6H,1-4H3,(H,10,13)(H,11,14)(H,12,15). The third kappa shape index (κ3) is 9.07. The number of hydrogen-bond donors (Lipinski definition) is 3. The van der Waals surface area contributed by atoms with Crippen molar-refractivity contribution in [3.8, 4) is 0 Å². The number of carbonyl (C=O) groups is 3. The zero-order valence-electron chi connectivity index (χ0n) is 10.6. The average Bonchev–Trinajstić information content (AvgIpc) is 2.21. The Morgan fingerprint density at radius 2 is 1.22 bits per heavy atom. The van der Waals surface area contributed by atoms with E-state index >= 15 is 0 Å². The highest BCUT2D eigenvalue weighted by Gasteiger charge is 2.10. The van der Waals surface area contributed by atoms with Crippen molar-refractivity contribution in [1.82, 2.24) is 16.3 Å². The molecule has 0 aromatic carbocycles. The maximum Gasteiger partial charge on any atom is 0.450 e. The first-order valence-electron chi connectivity index (χ1n) is 5.21. The van der Waals surface area contributed by atoms with Crippen LogP contribution in [0, 0.1) is 0 Å². The third-order valence-electron chi connectivity index (χ3n) is 1.18. The predicted molar refractivity (Wildman–Crippen MR) is 59.1 cm³/mol. The van der Waals surface area contributed by atoms with E-state index in [4.69, 9.17) is 0 Å². The summed E-state index contributed by atoms with van der Waals surface area (Å²) in [4.78, 5) is 37.0. The van der Waals surface area contributed by atoms with Crippen LogP contribution in [0.4, 0.5) is 14.4 Å². The second-order valence-corrected chi connectivity index (χ2v) is 3.65. The summed E-state index contributed by atoms with van der Waals surface area (Å²) in [6, 6.07) is 0. The Morgan fingerprint density at radius 3 is 1.72 bits per heavy atom. The van der Waals surface area contributed by atoms with Gasteiger partial charge in [0.15, 0.2) is 0 Å². The number of hydroxylamine groups is 1. The molecule has 0 rings (SSSR count). The monoisotopic (exact) mass is 263 g/mol. The van der Waals surface area contributed by atoms with Crippen LogP contribution in [0.2, 0.25) is 0 Å². The molecule has 0 heterocycles. The predicted octanol–water partition coefficient (Wildman–Crippen LogP) is 0.812. The van der Waals surface area contributed by atoms with E-state index < -0.39 is 18.3 Å². The normalized spacial score (nSPS) is 9.67. The van der Waals surface area contributed by atoms with Crippen molar-refractivity contribution in [1.29, 1.82) is 0 Å². The van der Waals surface area contributed by atoms with E-state index in [9.17, 15) is 14.4 Å². The summed E-state index contributed by atoms with van der Waals surface area (Å²) in [5.74, 6) is 0. The van der Waals surface area contributed by atoms with E-state index in [1.807, 2.05) is 10.9 Å². The fraction of sp³-hybridized carbons (Fsp3) is 0.667. The molecule has 9 heteroatoms. The van der Waals surface area contributed by atoms with Gasteiger partial charge in [-0.05, 0) is 27.7 Å². The van der Waals surface area contributed by atoms with Crippen LogP contribution in [0.15, 0.2) is 0 Å². The Hall–Kier alpha value is -2.19. The zero-order valence-corrected chi connectivity index (χ0v) is 10.6. The molecule has 0 saturated carbocycles. The smallest absolute Gasteiger partial charge is 0.446 e. The summed E-state index contributed by atoms with van der Waals surface area (Å²) in [5, 5.41) is 0. The lowest BCUT2D eigenvalue weighted by Gasteiger charge is -2.11. The lowest BCUT2D eigenvalue weighted by molar-refractivity contribution is 0.0472. The quantitative estimate of drug-likeness (QED) is 0.501. The van der Waals surface area contributed by atoms with E-state index in [2.05, 4.69) is 14.3 Å². The Morgan fingerprint density at radius 1 is 0.778 bits per heavy atom. The minimum Gasteiger partial charge on any atom is -0.446 e. The number of ether oxygens (including phenoxy) is 2. The van der Waals surface area contributed by atoms with Crippen molar-refractivity contribution in [2.75, 3.05) is 0 Å². The maximum atomic E-state index is 10.9. The van der Waals surface area contributed by atoms with E-state index in [0.29, 0.717) is 0 Å². The lowest BCUT2D eigenvalue weighted by atomic mass is 10.5. The van der Waals surface area contributed by atoms with Gasteiger partial charge in [-0.1, -0.05) is 0 Å². The van der Waals surface area contributed by atoms with Gasteiger partial charge in [0, 0.05) is 0 Å². The highest BCUT2D eigenvalue weighted by atomic mass is 16.7. The molecule has 3 N–H and O–H groups in total. The van der Waals surface area contributed by atoms with Crippen LogP contribution in [0.25, 0.3) is 0 Å².